The van der Waals surface area contributed by atoms with Crippen LogP contribution in [0.25, 0.3) is 11.1 Å². The average molecular weight is 399 g/mol. The van der Waals surface area contributed by atoms with E-state index in [4.69, 9.17) is 16.2 Å². The largest absolute Gasteiger partial charge is 0.425 e. The summed E-state index contributed by atoms with van der Waals surface area (Å²) in [7, 11) is 0. The smallest absolute Gasteiger partial charge is 0.333 e. The number of rotatable bonds is 7. The fraction of sp³-hybridized carbons (Fsp3) is 0.120. The van der Waals surface area contributed by atoms with Crippen LogP contribution in [0.1, 0.15) is 30.0 Å². The number of aliphatic imine (C=N–C) groups is 1. The number of hydrogen-bond donors (Lipinski definition) is 2. The SMILES string of the molecule is CCC(=C(c1ccccc1)c1ccc(OC(=O)CN=C(N)N)cc1)c1ccccc1. The summed E-state index contributed by atoms with van der Waals surface area (Å²) in [5.41, 5.74) is 16.3. The average Bonchev–Trinajstić information content (AvgIpc) is 2.78. The Bertz CT molecular complexity index is 1040. The molecular weight excluding hydrogens is 374 g/mol. The summed E-state index contributed by atoms with van der Waals surface area (Å²) in [5, 5.41) is 0. The lowest BCUT2D eigenvalue weighted by atomic mass is 9.88. The van der Waals surface area contributed by atoms with Crippen LogP contribution in [-0.4, -0.2) is 18.5 Å². The van der Waals surface area contributed by atoms with E-state index in [2.05, 4.69) is 36.2 Å². The molecule has 0 saturated heterocycles. The van der Waals surface area contributed by atoms with Crippen molar-refractivity contribution in [3.63, 3.8) is 0 Å². The Labute approximate surface area is 176 Å². The van der Waals surface area contributed by atoms with E-state index in [-0.39, 0.29) is 12.5 Å². The summed E-state index contributed by atoms with van der Waals surface area (Å²) >= 11 is 0. The van der Waals surface area contributed by atoms with E-state index in [9.17, 15) is 4.79 Å². The van der Waals surface area contributed by atoms with Crippen LogP contribution in [0.2, 0.25) is 0 Å². The molecule has 0 saturated carbocycles. The molecule has 4 N–H and O–H groups in total. The zero-order valence-electron chi connectivity index (χ0n) is 16.9. The summed E-state index contributed by atoms with van der Waals surface area (Å²) in [6, 6.07) is 28.2. The quantitative estimate of drug-likeness (QED) is 0.204. The molecule has 30 heavy (non-hydrogen) atoms. The number of nitrogens with two attached hydrogens (primary N) is 2. The highest BCUT2D eigenvalue weighted by molar-refractivity contribution is 5.98. The molecule has 0 fully saturated rings. The van der Waals surface area contributed by atoms with Gasteiger partial charge in [0.25, 0.3) is 0 Å². The van der Waals surface area contributed by atoms with Gasteiger partial charge in [-0.3, -0.25) is 0 Å². The zero-order chi connectivity index (χ0) is 21.3. The normalized spacial score (nSPS) is 11.4. The molecule has 5 nitrogen and oxygen atoms in total. The summed E-state index contributed by atoms with van der Waals surface area (Å²) in [4.78, 5) is 15.5. The predicted octanol–water partition coefficient (Wildman–Crippen LogP) is 4.23. The maximum atomic E-state index is 11.8. The maximum absolute atomic E-state index is 11.8. The first kappa shape index (κ1) is 20.9. The van der Waals surface area contributed by atoms with Gasteiger partial charge in [-0.25, -0.2) is 9.79 Å². The Hall–Kier alpha value is -3.86. The molecule has 0 radical (unpaired) electrons. The van der Waals surface area contributed by atoms with Crippen LogP contribution in [0.15, 0.2) is 89.9 Å². The number of benzene rings is 3. The summed E-state index contributed by atoms with van der Waals surface area (Å²) < 4.78 is 5.30. The highest BCUT2D eigenvalue weighted by atomic mass is 16.5. The molecule has 0 atom stereocenters. The Balaban J connectivity index is 1.98. The molecule has 0 aromatic heterocycles. The second kappa shape index (κ2) is 10.1. The minimum absolute atomic E-state index is 0.145. The van der Waals surface area contributed by atoms with Crippen LogP contribution in [0.4, 0.5) is 0 Å². The highest BCUT2D eigenvalue weighted by Crippen LogP contribution is 2.34. The van der Waals surface area contributed by atoms with Crippen molar-refractivity contribution < 1.29 is 9.53 Å². The van der Waals surface area contributed by atoms with Gasteiger partial charge in [-0.1, -0.05) is 79.7 Å². The predicted molar refractivity (Wildman–Crippen MR) is 122 cm³/mol. The second-order valence-corrected chi connectivity index (χ2v) is 6.68. The zero-order valence-corrected chi connectivity index (χ0v) is 16.9. The Morgan fingerprint density at radius 1 is 0.800 bits per heavy atom. The second-order valence-electron chi connectivity index (χ2n) is 6.68. The minimum Gasteiger partial charge on any atom is -0.425 e. The van der Waals surface area contributed by atoms with Gasteiger partial charge >= 0.3 is 5.97 Å². The van der Waals surface area contributed by atoms with Crippen molar-refractivity contribution in [2.24, 2.45) is 16.5 Å². The molecule has 3 aromatic rings. The highest BCUT2D eigenvalue weighted by Gasteiger charge is 2.13. The molecule has 0 amide bonds. The fourth-order valence-electron chi connectivity index (χ4n) is 3.29. The topological polar surface area (TPSA) is 90.7 Å². The standard InChI is InChI=1S/C25H25N3O2/c1-2-22(18-9-5-3-6-10-18)24(19-11-7-4-8-12-19)20-13-15-21(16-14-20)30-23(29)17-28-25(26)27/h3-16H,2,17H2,1H3,(H4,26,27,28). The first-order valence-electron chi connectivity index (χ1n) is 9.79. The van der Waals surface area contributed by atoms with Gasteiger partial charge in [0.2, 0.25) is 0 Å². The fourth-order valence-corrected chi connectivity index (χ4v) is 3.29. The third-order valence-electron chi connectivity index (χ3n) is 4.61. The first-order chi connectivity index (χ1) is 14.6. The Morgan fingerprint density at radius 3 is 1.87 bits per heavy atom. The molecule has 0 aliphatic carbocycles. The van der Waals surface area contributed by atoms with Gasteiger partial charge in [0.1, 0.15) is 12.3 Å². The van der Waals surface area contributed by atoms with E-state index in [0.29, 0.717) is 5.75 Å². The van der Waals surface area contributed by atoms with Gasteiger partial charge in [-0.15, -0.1) is 0 Å². The third kappa shape index (κ3) is 5.35. The number of nitrogens with zero attached hydrogens (tertiary/aromatic N) is 1. The van der Waals surface area contributed by atoms with Crippen LogP contribution in [0, 0.1) is 0 Å². The van der Waals surface area contributed by atoms with E-state index < -0.39 is 5.97 Å². The number of ether oxygens (including phenoxy) is 1. The van der Waals surface area contributed by atoms with E-state index in [1.807, 2.05) is 48.5 Å². The molecule has 3 aromatic carbocycles. The summed E-state index contributed by atoms with van der Waals surface area (Å²) in [6.07, 6.45) is 0.878. The van der Waals surface area contributed by atoms with Gasteiger partial charge in [0.15, 0.2) is 5.96 Å². The lowest BCUT2D eigenvalue weighted by molar-refractivity contribution is -0.132. The van der Waals surface area contributed by atoms with Crippen molar-refractivity contribution in [1.29, 1.82) is 0 Å². The number of guanidine groups is 1. The van der Waals surface area contributed by atoms with Gasteiger partial charge in [-0.2, -0.15) is 0 Å². The molecule has 0 aliphatic rings. The molecule has 3 rings (SSSR count). The maximum Gasteiger partial charge on any atom is 0.333 e. The molecule has 0 heterocycles. The summed E-state index contributed by atoms with van der Waals surface area (Å²) in [5.74, 6) is -0.221. The van der Waals surface area contributed by atoms with E-state index >= 15 is 0 Å². The first-order valence-corrected chi connectivity index (χ1v) is 9.79. The van der Waals surface area contributed by atoms with Crippen molar-refractivity contribution in [1.82, 2.24) is 0 Å². The van der Waals surface area contributed by atoms with E-state index in [1.165, 1.54) is 11.1 Å². The van der Waals surface area contributed by atoms with Crippen LogP contribution in [0.3, 0.4) is 0 Å². The van der Waals surface area contributed by atoms with Gasteiger partial charge in [0.05, 0.1) is 0 Å². The summed E-state index contributed by atoms with van der Waals surface area (Å²) in [6.45, 7) is 1.94. The van der Waals surface area contributed by atoms with Gasteiger partial charge < -0.3 is 16.2 Å². The molecular formula is C25H25N3O2. The molecule has 0 unspecified atom stereocenters. The van der Waals surface area contributed by atoms with Crippen molar-refractivity contribution in [2.75, 3.05) is 6.54 Å². The number of esters is 1. The molecule has 5 heteroatoms. The molecule has 0 aliphatic heterocycles. The van der Waals surface area contributed by atoms with Crippen molar-refractivity contribution in [2.45, 2.75) is 13.3 Å². The molecule has 0 bridgehead atoms. The third-order valence-corrected chi connectivity index (χ3v) is 4.61. The number of hydrogen-bond acceptors (Lipinski definition) is 3. The lowest BCUT2D eigenvalue weighted by Crippen LogP contribution is -2.25. The number of carbonyl (C=O) groups is 1. The Morgan fingerprint density at radius 2 is 1.33 bits per heavy atom. The minimum atomic E-state index is -0.520. The Kier molecular flexibility index (Phi) is 7.00. The van der Waals surface area contributed by atoms with Crippen LogP contribution >= 0.6 is 0 Å². The van der Waals surface area contributed by atoms with E-state index in [1.54, 1.807) is 12.1 Å². The van der Waals surface area contributed by atoms with Crippen molar-refractivity contribution in [3.05, 3.63) is 102 Å². The number of carbonyl (C=O) groups excluding carboxylic acids is 1. The van der Waals surface area contributed by atoms with Gasteiger partial charge in [0, 0.05) is 0 Å². The van der Waals surface area contributed by atoms with Crippen molar-refractivity contribution in [3.8, 4) is 5.75 Å². The van der Waals surface area contributed by atoms with Crippen LogP contribution in [0.5, 0.6) is 5.75 Å². The van der Waals surface area contributed by atoms with Crippen LogP contribution < -0.4 is 16.2 Å². The molecule has 152 valence electrons. The molecule has 0 spiro atoms. The van der Waals surface area contributed by atoms with E-state index in [0.717, 1.165) is 23.1 Å². The number of allylic oxidation sites excluding steroid dienone is 1. The van der Waals surface area contributed by atoms with Crippen LogP contribution in [-0.2, 0) is 4.79 Å². The van der Waals surface area contributed by atoms with Crippen molar-refractivity contribution >= 4 is 23.1 Å². The lowest BCUT2D eigenvalue weighted by Gasteiger charge is -2.16. The monoisotopic (exact) mass is 399 g/mol. The van der Waals surface area contributed by atoms with Gasteiger partial charge in [-0.05, 0) is 46.4 Å².